The Hall–Kier alpha value is -2.25. The minimum atomic E-state index is -3.69. The number of benzene rings is 2. The van der Waals surface area contributed by atoms with E-state index in [0.717, 1.165) is 33.0 Å². The third kappa shape index (κ3) is 5.87. The number of amides is 1. The average molecular weight is 439 g/mol. The van der Waals surface area contributed by atoms with E-state index in [2.05, 4.69) is 5.32 Å². The highest BCUT2D eigenvalue weighted by Gasteiger charge is 2.29. The first-order valence-corrected chi connectivity index (χ1v) is 11.5. The SMILES string of the molecule is Cc1ccc(N([C@@H](C)C(=O)NCCOc2cccc(C)c2C)S(C)(=O)=O)cc1Cl. The molecule has 0 fully saturated rings. The third-order valence-electron chi connectivity index (χ3n) is 4.71. The fourth-order valence-corrected chi connectivity index (χ4v) is 4.23. The van der Waals surface area contributed by atoms with E-state index in [1.54, 1.807) is 18.2 Å². The Morgan fingerprint density at radius 1 is 1.17 bits per heavy atom. The van der Waals surface area contributed by atoms with Crippen molar-refractivity contribution in [3.8, 4) is 5.75 Å². The molecule has 0 spiro atoms. The van der Waals surface area contributed by atoms with Crippen molar-refractivity contribution in [3.05, 3.63) is 58.1 Å². The number of rotatable bonds is 8. The molecule has 0 saturated carbocycles. The van der Waals surface area contributed by atoms with Crippen LogP contribution in [0.2, 0.25) is 5.02 Å². The fourth-order valence-electron chi connectivity index (χ4n) is 2.89. The van der Waals surface area contributed by atoms with E-state index in [-0.39, 0.29) is 13.2 Å². The summed E-state index contributed by atoms with van der Waals surface area (Å²) in [5.74, 6) is 0.344. The molecule has 1 amide bonds. The molecule has 8 heteroatoms. The van der Waals surface area contributed by atoms with Crippen molar-refractivity contribution in [2.24, 2.45) is 0 Å². The Balaban J connectivity index is 2.03. The number of nitrogens with one attached hydrogen (secondary N) is 1. The van der Waals surface area contributed by atoms with E-state index in [4.69, 9.17) is 16.3 Å². The Labute approximate surface area is 177 Å². The number of aryl methyl sites for hydroxylation is 2. The van der Waals surface area contributed by atoms with Crippen molar-refractivity contribution in [2.45, 2.75) is 33.7 Å². The molecule has 0 unspecified atom stereocenters. The van der Waals surface area contributed by atoms with Gasteiger partial charge in [-0.05, 0) is 62.6 Å². The number of hydrogen-bond donors (Lipinski definition) is 1. The zero-order chi connectivity index (χ0) is 21.8. The highest BCUT2D eigenvalue weighted by molar-refractivity contribution is 7.92. The van der Waals surface area contributed by atoms with Gasteiger partial charge in [0, 0.05) is 5.02 Å². The van der Waals surface area contributed by atoms with Crippen molar-refractivity contribution in [1.29, 1.82) is 0 Å². The smallest absolute Gasteiger partial charge is 0.243 e. The van der Waals surface area contributed by atoms with E-state index in [1.807, 2.05) is 39.0 Å². The molecule has 0 aliphatic rings. The van der Waals surface area contributed by atoms with Crippen LogP contribution in [0.4, 0.5) is 5.69 Å². The number of carbonyl (C=O) groups is 1. The molecule has 0 radical (unpaired) electrons. The van der Waals surface area contributed by atoms with Crippen LogP contribution < -0.4 is 14.4 Å². The van der Waals surface area contributed by atoms with Gasteiger partial charge in [-0.2, -0.15) is 0 Å². The first-order valence-electron chi connectivity index (χ1n) is 9.24. The fraction of sp³-hybridized carbons (Fsp3) is 0.381. The zero-order valence-electron chi connectivity index (χ0n) is 17.3. The van der Waals surface area contributed by atoms with Gasteiger partial charge in [0.1, 0.15) is 18.4 Å². The molecule has 0 heterocycles. The van der Waals surface area contributed by atoms with Crippen LogP contribution in [0, 0.1) is 20.8 Å². The first kappa shape index (κ1) is 23.0. The summed E-state index contributed by atoms with van der Waals surface area (Å²) < 4.78 is 31.5. The lowest BCUT2D eigenvalue weighted by Crippen LogP contribution is -2.48. The van der Waals surface area contributed by atoms with Crippen molar-refractivity contribution < 1.29 is 17.9 Å². The molecular formula is C21H27ClN2O4S. The lowest BCUT2D eigenvalue weighted by molar-refractivity contribution is -0.121. The van der Waals surface area contributed by atoms with Crippen molar-refractivity contribution in [3.63, 3.8) is 0 Å². The summed E-state index contributed by atoms with van der Waals surface area (Å²) in [4.78, 5) is 12.6. The Morgan fingerprint density at radius 3 is 2.48 bits per heavy atom. The maximum atomic E-state index is 12.6. The van der Waals surface area contributed by atoms with Crippen LogP contribution in [-0.4, -0.2) is 39.8 Å². The summed E-state index contributed by atoms with van der Waals surface area (Å²) >= 11 is 6.14. The minimum absolute atomic E-state index is 0.253. The van der Waals surface area contributed by atoms with E-state index in [1.165, 1.54) is 6.92 Å². The number of sulfonamides is 1. The second-order valence-electron chi connectivity index (χ2n) is 7.01. The quantitative estimate of drug-likeness (QED) is 0.639. The highest BCUT2D eigenvalue weighted by atomic mass is 35.5. The molecule has 0 saturated heterocycles. The largest absolute Gasteiger partial charge is 0.491 e. The van der Waals surface area contributed by atoms with Gasteiger partial charge in [0.05, 0.1) is 18.5 Å². The van der Waals surface area contributed by atoms with Gasteiger partial charge in [-0.3, -0.25) is 9.10 Å². The average Bonchev–Trinajstić information content (AvgIpc) is 2.63. The zero-order valence-corrected chi connectivity index (χ0v) is 18.9. The number of carbonyl (C=O) groups excluding carboxylic acids is 1. The summed E-state index contributed by atoms with van der Waals surface area (Å²) in [6.45, 7) is 7.87. The lowest BCUT2D eigenvalue weighted by Gasteiger charge is -2.28. The van der Waals surface area contributed by atoms with E-state index < -0.39 is 22.0 Å². The monoisotopic (exact) mass is 438 g/mol. The molecule has 0 aliphatic carbocycles. The maximum Gasteiger partial charge on any atom is 0.243 e. The number of nitrogens with zero attached hydrogens (tertiary/aromatic N) is 1. The first-order chi connectivity index (χ1) is 13.5. The van der Waals surface area contributed by atoms with Crippen LogP contribution in [0.25, 0.3) is 0 Å². The number of hydrogen-bond acceptors (Lipinski definition) is 4. The summed E-state index contributed by atoms with van der Waals surface area (Å²) in [6.07, 6.45) is 1.06. The third-order valence-corrected chi connectivity index (χ3v) is 6.36. The van der Waals surface area contributed by atoms with Gasteiger partial charge in [0.2, 0.25) is 15.9 Å². The minimum Gasteiger partial charge on any atom is -0.491 e. The number of halogens is 1. The van der Waals surface area contributed by atoms with Gasteiger partial charge in [-0.1, -0.05) is 29.8 Å². The second kappa shape index (κ2) is 9.50. The van der Waals surface area contributed by atoms with Crippen LogP contribution >= 0.6 is 11.6 Å². The Morgan fingerprint density at radius 2 is 1.86 bits per heavy atom. The Kier molecular flexibility index (Phi) is 7.54. The molecule has 29 heavy (non-hydrogen) atoms. The standard InChI is InChI=1S/C21H27ClN2O4S/c1-14-7-6-8-20(16(14)3)28-12-11-23-21(25)17(4)24(29(5,26)27)18-10-9-15(2)19(22)13-18/h6-10,13,17H,11-12H2,1-5H3,(H,23,25)/t17-/m0/s1. The summed E-state index contributed by atoms with van der Waals surface area (Å²) in [6, 6.07) is 9.75. The number of ether oxygens (including phenoxy) is 1. The molecule has 0 aliphatic heterocycles. The topological polar surface area (TPSA) is 75.7 Å². The molecule has 2 aromatic carbocycles. The van der Waals surface area contributed by atoms with Crippen molar-refractivity contribution in [1.82, 2.24) is 5.32 Å². The van der Waals surface area contributed by atoms with Gasteiger partial charge in [-0.15, -0.1) is 0 Å². The predicted octanol–water partition coefficient (Wildman–Crippen LogP) is 3.61. The van der Waals surface area contributed by atoms with Gasteiger partial charge in [0.25, 0.3) is 0 Å². The van der Waals surface area contributed by atoms with Crippen molar-refractivity contribution in [2.75, 3.05) is 23.7 Å². The van der Waals surface area contributed by atoms with Crippen LogP contribution in [0.3, 0.4) is 0 Å². The summed E-state index contributed by atoms with van der Waals surface area (Å²) in [7, 11) is -3.69. The summed E-state index contributed by atoms with van der Waals surface area (Å²) in [5.41, 5.74) is 3.34. The van der Waals surface area contributed by atoms with Gasteiger partial charge < -0.3 is 10.1 Å². The van der Waals surface area contributed by atoms with Crippen LogP contribution in [-0.2, 0) is 14.8 Å². The molecule has 2 aromatic rings. The van der Waals surface area contributed by atoms with Crippen molar-refractivity contribution >= 4 is 33.2 Å². The normalized spacial score (nSPS) is 12.3. The van der Waals surface area contributed by atoms with Crippen LogP contribution in [0.15, 0.2) is 36.4 Å². The van der Waals surface area contributed by atoms with Crippen LogP contribution in [0.5, 0.6) is 5.75 Å². The highest BCUT2D eigenvalue weighted by Crippen LogP contribution is 2.26. The lowest BCUT2D eigenvalue weighted by atomic mass is 10.1. The van der Waals surface area contributed by atoms with E-state index in [9.17, 15) is 13.2 Å². The molecule has 1 N–H and O–H groups in total. The number of anilines is 1. The van der Waals surface area contributed by atoms with Gasteiger partial charge >= 0.3 is 0 Å². The molecule has 1 atom stereocenters. The molecule has 0 bridgehead atoms. The maximum absolute atomic E-state index is 12.6. The van der Waals surface area contributed by atoms with Crippen LogP contribution in [0.1, 0.15) is 23.6 Å². The molecular weight excluding hydrogens is 412 g/mol. The predicted molar refractivity (Wildman–Crippen MR) is 117 cm³/mol. The molecule has 0 aromatic heterocycles. The molecule has 2 rings (SSSR count). The molecule has 158 valence electrons. The Bertz CT molecular complexity index is 992. The van der Waals surface area contributed by atoms with E-state index in [0.29, 0.717) is 10.7 Å². The van der Waals surface area contributed by atoms with Gasteiger partial charge in [0.15, 0.2) is 0 Å². The molecule has 6 nitrogen and oxygen atoms in total. The van der Waals surface area contributed by atoms with E-state index >= 15 is 0 Å². The summed E-state index contributed by atoms with van der Waals surface area (Å²) in [5, 5.41) is 3.17. The van der Waals surface area contributed by atoms with Gasteiger partial charge in [-0.25, -0.2) is 8.42 Å². The second-order valence-corrected chi connectivity index (χ2v) is 9.27.